The minimum Gasteiger partial charge on any atom is -0.310 e. The fraction of sp³-hybridized carbons (Fsp3) is 0. The molecule has 0 aromatic heterocycles. The SMILES string of the molecule is Clc1cc2c3c(c1)N(c1c(-c4ccccc4)cc(-c4ccccc4)cc1-c1ccccc1)c1ccc(Br)cc1B3c1cc(Br)ccc1N2c1c(-c2ccccc2)cc(-c2ccccc2)cc1-c1ccccc1. The maximum absolute atomic E-state index is 7.71. The van der Waals surface area contributed by atoms with E-state index in [0.29, 0.717) is 5.02 Å². The predicted octanol–water partition coefficient (Wildman–Crippen LogP) is 17.9. The highest BCUT2D eigenvalue weighted by atomic mass is 79.9. The minimum absolute atomic E-state index is 0.160. The molecule has 0 saturated heterocycles. The van der Waals surface area contributed by atoms with Crippen LogP contribution < -0.4 is 26.2 Å². The third-order valence-corrected chi connectivity index (χ3v) is 15.4. The van der Waals surface area contributed by atoms with Crippen molar-refractivity contribution >= 4 is 101 Å². The van der Waals surface area contributed by atoms with E-state index in [2.05, 4.69) is 296 Å². The smallest absolute Gasteiger partial charge is 0.252 e. The van der Waals surface area contributed by atoms with E-state index in [9.17, 15) is 0 Å². The van der Waals surface area contributed by atoms with Gasteiger partial charge in [-0.05, 0) is 122 Å². The lowest BCUT2D eigenvalue weighted by atomic mass is 9.33. The zero-order chi connectivity index (χ0) is 48.3. The molecule has 2 aliphatic heterocycles. The summed E-state index contributed by atoms with van der Waals surface area (Å²) in [7, 11) is 0. The lowest BCUT2D eigenvalue weighted by Gasteiger charge is -2.45. The Morgan fingerprint density at radius 3 is 0.889 bits per heavy atom. The van der Waals surface area contributed by atoms with E-state index >= 15 is 0 Å². The molecule has 2 heterocycles. The summed E-state index contributed by atoms with van der Waals surface area (Å²) in [5.41, 5.74) is 23.5. The van der Waals surface area contributed by atoms with Crippen LogP contribution in [0.25, 0.3) is 66.8 Å². The molecule has 0 fully saturated rings. The summed E-state index contributed by atoms with van der Waals surface area (Å²) in [6, 6.07) is 92.3. The Labute approximate surface area is 442 Å². The van der Waals surface area contributed by atoms with E-state index in [1.54, 1.807) is 0 Å². The first-order valence-electron chi connectivity index (χ1n) is 24.2. The first kappa shape index (κ1) is 44.3. The second-order valence-corrected chi connectivity index (χ2v) is 20.7. The fourth-order valence-electron chi connectivity index (χ4n) is 11.1. The van der Waals surface area contributed by atoms with E-state index in [0.717, 1.165) is 110 Å². The van der Waals surface area contributed by atoms with Crippen LogP contribution in [0, 0.1) is 0 Å². The molecule has 6 heteroatoms. The Hall–Kier alpha value is -7.67. The molecule has 13 rings (SSSR count). The van der Waals surface area contributed by atoms with Crippen molar-refractivity contribution in [2.45, 2.75) is 0 Å². The average Bonchev–Trinajstić information content (AvgIpc) is 3.44. The Bertz CT molecular complexity index is 3470. The molecule has 11 aromatic carbocycles. The summed E-state index contributed by atoms with van der Waals surface area (Å²) in [6.07, 6.45) is 0. The topological polar surface area (TPSA) is 6.48 Å². The van der Waals surface area contributed by atoms with Crippen LogP contribution in [0.1, 0.15) is 0 Å². The molecule has 2 nitrogen and oxygen atoms in total. The molecule has 11 aromatic rings. The molecule has 0 unspecified atom stereocenters. The minimum atomic E-state index is -0.160. The highest BCUT2D eigenvalue weighted by Gasteiger charge is 2.45. The Kier molecular flexibility index (Phi) is 11.4. The van der Waals surface area contributed by atoms with Gasteiger partial charge in [0.2, 0.25) is 0 Å². The van der Waals surface area contributed by atoms with Gasteiger partial charge in [-0.2, -0.15) is 0 Å². The number of benzene rings is 11. The number of rotatable bonds is 8. The van der Waals surface area contributed by atoms with Gasteiger partial charge in [-0.1, -0.05) is 238 Å². The van der Waals surface area contributed by atoms with Gasteiger partial charge in [-0.3, -0.25) is 0 Å². The summed E-state index contributed by atoms with van der Waals surface area (Å²) in [4.78, 5) is 5.02. The van der Waals surface area contributed by atoms with Crippen molar-refractivity contribution in [1.29, 1.82) is 0 Å². The van der Waals surface area contributed by atoms with Crippen LogP contribution in [0.2, 0.25) is 5.02 Å². The van der Waals surface area contributed by atoms with Gasteiger partial charge in [0.05, 0.1) is 11.4 Å². The van der Waals surface area contributed by atoms with Gasteiger partial charge in [0.15, 0.2) is 0 Å². The third kappa shape index (κ3) is 7.72. The van der Waals surface area contributed by atoms with Crippen molar-refractivity contribution in [3.63, 3.8) is 0 Å². The summed E-state index contributed by atoms with van der Waals surface area (Å²) >= 11 is 15.7. The van der Waals surface area contributed by atoms with Crippen molar-refractivity contribution in [2.24, 2.45) is 0 Å². The molecule has 0 radical (unpaired) electrons. The van der Waals surface area contributed by atoms with Crippen molar-refractivity contribution in [3.8, 4) is 66.8 Å². The van der Waals surface area contributed by atoms with E-state index in [1.165, 1.54) is 16.4 Å². The number of anilines is 6. The lowest BCUT2D eigenvalue weighted by Crippen LogP contribution is -2.61. The first-order chi connectivity index (χ1) is 35.5. The monoisotopic (exact) mass is 1070 g/mol. The predicted molar refractivity (Wildman–Crippen MR) is 313 cm³/mol. The molecular weight excluding hydrogens is 1030 g/mol. The lowest BCUT2D eigenvalue weighted by molar-refractivity contribution is 1.25. The van der Waals surface area contributed by atoms with Gasteiger partial charge < -0.3 is 9.80 Å². The van der Waals surface area contributed by atoms with Crippen LogP contribution in [-0.4, -0.2) is 6.71 Å². The summed E-state index contributed by atoms with van der Waals surface area (Å²) in [5.74, 6) is 0. The van der Waals surface area contributed by atoms with Gasteiger partial charge in [0, 0.05) is 59.0 Å². The molecule has 0 atom stereocenters. The third-order valence-electron chi connectivity index (χ3n) is 14.2. The van der Waals surface area contributed by atoms with Crippen molar-refractivity contribution in [1.82, 2.24) is 0 Å². The molecule has 0 spiro atoms. The Morgan fingerprint density at radius 2 is 0.583 bits per heavy atom. The highest BCUT2D eigenvalue weighted by Crippen LogP contribution is 2.54. The molecule has 72 heavy (non-hydrogen) atoms. The van der Waals surface area contributed by atoms with E-state index in [-0.39, 0.29) is 6.71 Å². The van der Waals surface area contributed by atoms with Crippen LogP contribution in [0.5, 0.6) is 0 Å². The molecular formula is C66H42BBr2ClN2. The molecule has 340 valence electrons. The molecule has 0 bridgehead atoms. The highest BCUT2D eigenvalue weighted by molar-refractivity contribution is 9.10. The summed E-state index contributed by atoms with van der Waals surface area (Å²) in [5, 5.41) is 0.644. The van der Waals surface area contributed by atoms with Crippen LogP contribution in [0.3, 0.4) is 0 Å². The maximum atomic E-state index is 7.71. The number of halogens is 3. The van der Waals surface area contributed by atoms with E-state index < -0.39 is 0 Å². The number of nitrogens with zero attached hydrogens (tertiary/aromatic N) is 2. The van der Waals surface area contributed by atoms with Gasteiger partial charge >= 0.3 is 0 Å². The second kappa shape index (κ2) is 18.5. The quantitative estimate of drug-likeness (QED) is 0.140. The van der Waals surface area contributed by atoms with Gasteiger partial charge in [-0.15, -0.1) is 0 Å². The van der Waals surface area contributed by atoms with Gasteiger partial charge in [0.25, 0.3) is 6.71 Å². The number of fused-ring (bicyclic) bond motifs is 4. The molecule has 0 aliphatic carbocycles. The summed E-state index contributed by atoms with van der Waals surface area (Å²) in [6.45, 7) is -0.160. The molecule has 0 amide bonds. The number of hydrogen-bond acceptors (Lipinski definition) is 2. The van der Waals surface area contributed by atoms with Crippen molar-refractivity contribution in [2.75, 3.05) is 9.80 Å². The van der Waals surface area contributed by atoms with Gasteiger partial charge in [-0.25, -0.2) is 0 Å². The second-order valence-electron chi connectivity index (χ2n) is 18.4. The van der Waals surface area contributed by atoms with Crippen LogP contribution >= 0.6 is 43.5 Å². The Morgan fingerprint density at radius 1 is 0.292 bits per heavy atom. The molecule has 2 aliphatic rings. The van der Waals surface area contributed by atoms with E-state index in [4.69, 9.17) is 11.6 Å². The van der Waals surface area contributed by atoms with E-state index in [1.807, 2.05) is 0 Å². The zero-order valence-corrected chi connectivity index (χ0v) is 42.8. The van der Waals surface area contributed by atoms with Crippen LogP contribution in [0.15, 0.2) is 264 Å². The summed E-state index contributed by atoms with van der Waals surface area (Å²) < 4.78 is 2.03. The van der Waals surface area contributed by atoms with Gasteiger partial charge in [0.1, 0.15) is 0 Å². The standard InChI is InChI=1S/C66H42BBr2ClN2/c68-51-31-33-60-58(39-51)67-59-40-52(69)32-34-61(59)72(66-56(47-27-15-5-16-28-47)37-50(44-21-9-2-10-22-44)38-57(66)48-29-17-6-18-30-48)63-42-53(70)41-62(64(63)67)71(60)65-54(45-23-11-3-12-24-45)35-49(43-19-7-1-8-20-43)36-55(65)46-25-13-4-14-26-46/h1-42H. The van der Waals surface area contributed by atoms with Crippen molar-refractivity contribution in [3.05, 3.63) is 269 Å². The van der Waals surface area contributed by atoms with Crippen LogP contribution in [-0.2, 0) is 0 Å². The number of hydrogen-bond donors (Lipinski definition) is 0. The Balaban J connectivity index is 1.17. The first-order valence-corrected chi connectivity index (χ1v) is 26.1. The van der Waals surface area contributed by atoms with Crippen molar-refractivity contribution < 1.29 is 0 Å². The zero-order valence-electron chi connectivity index (χ0n) is 38.9. The molecule has 0 N–H and O–H groups in total. The average molecular weight is 1070 g/mol. The van der Waals surface area contributed by atoms with Crippen LogP contribution in [0.4, 0.5) is 34.1 Å². The maximum Gasteiger partial charge on any atom is 0.252 e. The molecule has 0 saturated carbocycles. The largest absolute Gasteiger partial charge is 0.310 e. The fourth-order valence-corrected chi connectivity index (χ4v) is 12.1. The normalized spacial score (nSPS) is 12.3.